The number of fused-ring (bicyclic) bond motifs is 1. The van der Waals surface area contributed by atoms with Crippen molar-refractivity contribution in [2.45, 2.75) is 0 Å². The Kier molecular flexibility index (Phi) is 1.62. The van der Waals surface area contributed by atoms with E-state index in [9.17, 15) is 0 Å². The maximum absolute atomic E-state index is 5.55. The fourth-order valence-corrected chi connectivity index (χ4v) is 1.77. The second-order valence-electron chi connectivity index (χ2n) is 2.39. The Morgan fingerprint density at radius 1 is 1.50 bits per heavy atom. The quantitative estimate of drug-likeness (QED) is 0.729. The number of benzene rings is 1. The van der Waals surface area contributed by atoms with Crippen LogP contribution in [-0.4, -0.2) is 12.1 Å². The lowest BCUT2D eigenvalue weighted by Crippen LogP contribution is -1.82. The van der Waals surface area contributed by atoms with E-state index in [1.165, 1.54) is 11.3 Å². The van der Waals surface area contributed by atoms with Crippen molar-refractivity contribution >= 4 is 26.7 Å². The fraction of sp³-hybridized carbons (Fsp3) is 0.125. The Morgan fingerprint density at radius 2 is 2.33 bits per heavy atom. The number of nitrogen functional groups attached to an aromatic ring is 1. The molecule has 2 N–H and O–H groups in total. The highest BCUT2D eigenvalue weighted by Gasteiger charge is 2.00. The molecule has 0 saturated carbocycles. The zero-order valence-corrected chi connectivity index (χ0v) is 7.39. The SMILES string of the molecule is COc1ccc2sc(N)nc2c1. The van der Waals surface area contributed by atoms with E-state index in [1.54, 1.807) is 7.11 Å². The van der Waals surface area contributed by atoms with Crippen LogP contribution in [0, 0.1) is 0 Å². The van der Waals surface area contributed by atoms with Gasteiger partial charge in [0.05, 0.1) is 17.3 Å². The molecular formula is C8H8N2OS. The molecule has 0 bridgehead atoms. The van der Waals surface area contributed by atoms with Crippen LogP contribution in [0.2, 0.25) is 0 Å². The minimum absolute atomic E-state index is 0.596. The minimum atomic E-state index is 0.596. The van der Waals surface area contributed by atoms with E-state index < -0.39 is 0 Å². The van der Waals surface area contributed by atoms with Crippen molar-refractivity contribution < 1.29 is 4.74 Å². The highest BCUT2D eigenvalue weighted by molar-refractivity contribution is 7.22. The number of ether oxygens (including phenoxy) is 1. The van der Waals surface area contributed by atoms with Crippen molar-refractivity contribution in [3.63, 3.8) is 0 Å². The molecule has 0 amide bonds. The molecule has 0 unspecified atom stereocenters. The molecule has 0 aliphatic heterocycles. The summed E-state index contributed by atoms with van der Waals surface area (Å²) >= 11 is 1.48. The highest BCUT2D eigenvalue weighted by atomic mass is 32.1. The van der Waals surface area contributed by atoms with E-state index in [0.29, 0.717) is 5.13 Å². The van der Waals surface area contributed by atoms with Gasteiger partial charge in [0.15, 0.2) is 5.13 Å². The topological polar surface area (TPSA) is 48.1 Å². The van der Waals surface area contributed by atoms with E-state index in [-0.39, 0.29) is 0 Å². The molecule has 0 aliphatic carbocycles. The molecule has 1 aromatic carbocycles. The second kappa shape index (κ2) is 2.64. The Bertz CT molecular complexity index is 410. The summed E-state index contributed by atoms with van der Waals surface area (Å²) in [5.41, 5.74) is 6.45. The molecule has 2 rings (SSSR count). The van der Waals surface area contributed by atoms with Crippen LogP contribution in [-0.2, 0) is 0 Å². The predicted molar refractivity (Wildman–Crippen MR) is 50.6 cm³/mol. The van der Waals surface area contributed by atoms with Crippen LogP contribution in [0.3, 0.4) is 0 Å². The number of aromatic nitrogens is 1. The van der Waals surface area contributed by atoms with E-state index in [1.807, 2.05) is 18.2 Å². The van der Waals surface area contributed by atoms with Crippen LogP contribution >= 0.6 is 11.3 Å². The first-order valence-electron chi connectivity index (χ1n) is 3.49. The van der Waals surface area contributed by atoms with Crippen LogP contribution in [0.25, 0.3) is 10.2 Å². The summed E-state index contributed by atoms with van der Waals surface area (Å²) in [7, 11) is 1.64. The molecule has 0 fully saturated rings. The molecule has 0 aliphatic rings. The molecule has 4 heteroatoms. The molecule has 0 radical (unpaired) electrons. The normalized spacial score (nSPS) is 10.4. The van der Waals surface area contributed by atoms with Crippen molar-refractivity contribution in [3.8, 4) is 5.75 Å². The number of thiazole rings is 1. The summed E-state index contributed by atoms with van der Waals surface area (Å²) in [5.74, 6) is 0.813. The molecule has 62 valence electrons. The maximum atomic E-state index is 5.55. The van der Waals surface area contributed by atoms with Gasteiger partial charge in [-0.25, -0.2) is 4.98 Å². The van der Waals surface area contributed by atoms with Gasteiger partial charge < -0.3 is 10.5 Å². The van der Waals surface area contributed by atoms with Crippen molar-refractivity contribution in [2.24, 2.45) is 0 Å². The van der Waals surface area contributed by atoms with Crippen LogP contribution in [0.4, 0.5) is 5.13 Å². The van der Waals surface area contributed by atoms with Gasteiger partial charge in [-0.15, -0.1) is 0 Å². The first-order chi connectivity index (χ1) is 5.79. The van der Waals surface area contributed by atoms with Crippen LogP contribution in [0.15, 0.2) is 18.2 Å². The number of nitrogens with two attached hydrogens (primary N) is 1. The average molecular weight is 180 g/mol. The Labute approximate surface area is 73.8 Å². The number of anilines is 1. The van der Waals surface area contributed by atoms with Crippen molar-refractivity contribution in [3.05, 3.63) is 18.2 Å². The zero-order valence-electron chi connectivity index (χ0n) is 6.57. The molecule has 2 aromatic rings. The summed E-state index contributed by atoms with van der Waals surface area (Å²) < 4.78 is 6.15. The first kappa shape index (κ1) is 7.36. The lowest BCUT2D eigenvalue weighted by molar-refractivity contribution is 0.415. The molecule has 1 aromatic heterocycles. The smallest absolute Gasteiger partial charge is 0.181 e. The molecule has 12 heavy (non-hydrogen) atoms. The summed E-state index contributed by atoms with van der Waals surface area (Å²) in [5, 5.41) is 0.596. The Hall–Kier alpha value is -1.29. The Morgan fingerprint density at radius 3 is 3.08 bits per heavy atom. The van der Waals surface area contributed by atoms with Crippen LogP contribution in [0.5, 0.6) is 5.75 Å². The van der Waals surface area contributed by atoms with Gasteiger partial charge in [-0.05, 0) is 12.1 Å². The monoisotopic (exact) mass is 180 g/mol. The van der Waals surface area contributed by atoms with E-state index in [2.05, 4.69) is 4.98 Å². The number of rotatable bonds is 1. The van der Waals surface area contributed by atoms with Crippen LogP contribution in [0.1, 0.15) is 0 Å². The second-order valence-corrected chi connectivity index (χ2v) is 3.45. The maximum Gasteiger partial charge on any atom is 0.181 e. The van der Waals surface area contributed by atoms with Gasteiger partial charge in [0.1, 0.15) is 5.75 Å². The number of hydrogen-bond donors (Lipinski definition) is 1. The van der Waals surface area contributed by atoms with Gasteiger partial charge in [-0.3, -0.25) is 0 Å². The summed E-state index contributed by atoms with van der Waals surface area (Å²) in [6.07, 6.45) is 0. The fourth-order valence-electron chi connectivity index (χ4n) is 1.05. The largest absolute Gasteiger partial charge is 0.497 e. The van der Waals surface area contributed by atoms with Crippen LogP contribution < -0.4 is 10.5 Å². The predicted octanol–water partition coefficient (Wildman–Crippen LogP) is 1.89. The van der Waals surface area contributed by atoms with Gasteiger partial charge >= 0.3 is 0 Å². The van der Waals surface area contributed by atoms with E-state index in [4.69, 9.17) is 10.5 Å². The van der Waals surface area contributed by atoms with Crippen molar-refractivity contribution in [1.82, 2.24) is 4.98 Å². The third-order valence-corrected chi connectivity index (χ3v) is 2.48. The van der Waals surface area contributed by atoms with Crippen molar-refractivity contribution in [2.75, 3.05) is 12.8 Å². The number of methoxy groups -OCH3 is 1. The molecule has 3 nitrogen and oxygen atoms in total. The average Bonchev–Trinajstić information content (AvgIpc) is 2.43. The zero-order chi connectivity index (χ0) is 8.55. The molecule has 0 saturated heterocycles. The van der Waals surface area contributed by atoms with Gasteiger partial charge in [0.25, 0.3) is 0 Å². The standard InChI is InChI=1S/C8H8N2OS/c1-11-5-2-3-7-6(4-5)10-8(9)12-7/h2-4H,1H3,(H2,9,10). The lowest BCUT2D eigenvalue weighted by Gasteiger charge is -1.96. The lowest BCUT2D eigenvalue weighted by atomic mass is 10.3. The first-order valence-corrected chi connectivity index (χ1v) is 4.31. The van der Waals surface area contributed by atoms with Gasteiger partial charge in [0.2, 0.25) is 0 Å². The minimum Gasteiger partial charge on any atom is -0.497 e. The van der Waals surface area contributed by atoms with Gasteiger partial charge in [0, 0.05) is 6.07 Å². The highest BCUT2D eigenvalue weighted by Crippen LogP contribution is 2.26. The van der Waals surface area contributed by atoms with Crippen molar-refractivity contribution in [1.29, 1.82) is 0 Å². The molecule has 0 spiro atoms. The van der Waals surface area contributed by atoms with E-state index in [0.717, 1.165) is 16.0 Å². The van der Waals surface area contributed by atoms with Gasteiger partial charge in [-0.2, -0.15) is 0 Å². The summed E-state index contributed by atoms with van der Waals surface area (Å²) in [4.78, 5) is 4.14. The number of nitrogens with zero attached hydrogens (tertiary/aromatic N) is 1. The van der Waals surface area contributed by atoms with Gasteiger partial charge in [-0.1, -0.05) is 11.3 Å². The molecule has 0 atom stereocenters. The number of hydrogen-bond acceptors (Lipinski definition) is 4. The summed E-state index contributed by atoms with van der Waals surface area (Å²) in [6, 6.07) is 5.74. The Balaban J connectivity index is 2.66. The summed E-state index contributed by atoms with van der Waals surface area (Å²) in [6.45, 7) is 0. The third kappa shape index (κ3) is 1.10. The molecule has 1 heterocycles. The third-order valence-electron chi connectivity index (χ3n) is 1.61. The van der Waals surface area contributed by atoms with E-state index >= 15 is 0 Å². The molecular weight excluding hydrogens is 172 g/mol.